The number of rotatable bonds is 6. The Morgan fingerprint density at radius 1 is 1.17 bits per heavy atom. The van der Waals surface area contributed by atoms with Crippen molar-refractivity contribution in [3.05, 3.63) is 64.0 Å². The number of carbonyl (C=O) groups is 3. The summed E-state index contributed by atoms with van der Waals surface area (Å²) in [5.41, 5.74) is 5.75. The second kappa shape index (κ2) is 12.7. The lowest BCUT2D eigenvalue weighted by molar-refractivity contribution is -0.124. The van der Waals surface area contributed by atoms with Crippen LogP contribution in [0.15, 0.2) is 41.8 Å². The third-order valence-corrected chi connectivity index (χ3v) is 8.98. The highest BCUT2D eigenvalue weighted by atomic mass is 32.1. The zero-order valence-electron chi connectivity index (χ0n) is 23.5. The van der Waals surface area contributed by atoms with Crippen LogP contribution in [0.3, 0.4) is 0 Å². The molecular weight excluding hydrogens is 540 g/mol. The first-order chi connectivity index (χ1) is 19.8. The molecule has 3 aliphatic rings. The summed E-state index contributed by atoms with van der Waals surface area (Å²) in [6, 6.07) is 11.9. The minimum Gasteiger partial charge on any atom is -0.488 e. The molecule has 2 aliphatic heterocycles. The molecule has 1 aliphatic carbocycles. The Labute approximate surface area is 244 Å². The van der Waals surface area contributed by atoms with Crippen LogP contribution in [0.2, 0.25) is 0 Å². The second-order valence-electron chi connectivity index (χ2n) is 11.1. The molecule has 2 amide bonds. The highest BCUT2D eigenvalue weighted by Gasteiger charge is 2.34. The van der Waals surface area contributed by atoms with Gasteiger partial charge in [-0.05, 0) is 80.3 Å². The van der Waals surface area contributed by atoms with Gasteiger partial charge in [-0.3, -0.25) is 14.4 Å². The maximum Gasteiger partial charge on any atom is 0.290 e. The van der Waals surface area contributed by atoms with E-state index in [1.165, 1.54) is 24.8 Å². The smallest absolute Gasteiger partial charge is 0.290 e. The number of carboxylic acid groups (broad SMARTS) is 1. The van der Waals surface area contributed by atoms with Gasteiger partial charge in [-0.2, -0.15) is 0 Å². The fourth-order valence-corrected chi connectivity index (χ4v) is 6.85. The first-order valence-corrected chi connectivity index (χ1v) is 14.9. The van der Waals surface area contributed by atoms with E-state index in [-0.39, 0.29) is 24.8 Å². The zero-order valence-corrected chi connectivity index (χ0v) is 24.3. The second-order valence-corrected chi connectivity index (χ2v) is 11.9. The van der Waals surface area contributed by atoms with Crippen molar-refractivity contribution >= 4 is 34.8 Å². The average Bonchev–Trinajstić information content (AvgIpc) is 3.59. The number of carbonyl (C=O) groups excluding carboxylic acids is 2. The molecule has 2 aromatic carbocycles. The van der Waals surface area contributed by atoms with E-state index < -0.39 is 0 Å². The number of aryl methyl sites for hydroxylation is 2. The normalized spacial score (nSPS) is 19.7. The van der Waals surface area contributed by atoms with Crippen LogP contribution in [0.4, 0.5) is 5.13 Å². The van der Waals surface area contributed by atoms with Crippen molar-refractivity contribution in [3.8, 4) is 17.0 Å². The molecule has 2 N–H and O–H groups in total. The molecule has 1 saturated carbocycles. The van der Waals surface area contributed by atoms with Crippen molar-refractivity contribution in [1.29, 1.82) is 0 Å². The summed E-state index contributed by atoms with van der Waals surface area (Å²) in [6.07, 6.45) is 4.10. The molecule has 6 rings (SSSR count). The van der Waals surface area contributed by atoms with Crippen molar-refractivity contribution in [2.24, 2.45) is 11.8 Å². The SMILES string of the molecule is Cc1ccc(OCc2ccc(C(=O)N3CCNC(=O)C3)cc2C)c(-c2csc(N3CC4CCC(C4)C3)n2)c1.O=CO. The van der Waals surface area contributed by atoms with E-state index in [4.69, 9.17) is 19.6 Å². The minimum absolute atomic E-state index is 0.107. The Morgan fingerprint density at radius 2 is 1.93 bits per heavy atom. The highest BCUT2D eigenvalue weighted by molar-refractivity contribution is 7.14. The number of hydrogen-bond acceptors (Lipinski definition) is 7. The third kappa shape index (κ3) is 6.70. The van der Waals surface area contributed by atoms with Crippen LogP contribution >= 0.6 is 11.3 Å². The molecule has 2 unspecified atom stereocenters. The first-order valence-electron chi connectivity index (χ1n) is 14.0. The van der Waals surface area contributed by atoms with Gasteiger partial charge >= 0.3 is 0 Å². The zero-order chi connectivity index (χ0) is 28.9. The fourth-order valence-electron chi connectivity index (χ4n) is 6.01. The van der Waals surface area contributed by atoms with Crippen molar-refractivity contribution in [3.63, 3.8) is 0 Å². The van der Waals surface area contributed by atoms with Crippen LogP contribution in [-0.2, 0) is 16.2 Å². The molecule has 0 spiro atoms. The molecule has 1 aromatic heterocycles. The van der Waals surface area contributed by atoms with Crippen LogP contribution in [-0.4, -0.2) is 66.0 Å². The molecular formula is C31H36N4O5S. The van der Waals surface area contributed by atoms with Crippen LogP contribution in [0.25, 0.3) is 11.3 Å². The van der Waals surface area contributed by atoms with Gasteiger partial charge in [-0.25, -0.2) is 4.98 Å². The third-order valence-electron chi connectivity index (χ3n) is 8.08. The number of anilines is 1. The monoisotopic (exact) mass is 576 g/mol. The number of piperidine rings is 1. The Bertz CT molecular complexity index is 1410. The number of nitrogens with one attached hydrogen (secondary N) is 1. The van der Waals surface area contributed by atoms with Gasteiger partial charge in [0.15, 0.2) is 5.13 Å². The summed E-state index contributed by atoms with van der Waals surface area (Å²) in [5, 5.41) is 12.9. The largest absolute Gasteiger partial charge is 0.488 e. The summed E-state index contributed by atoms with van der Waals surface area (Å²) >= 11 is 1.73. The van der Waals surface area contributed by atoms with E-state index in [0.717, 1.165) is 58.2 Å². The molecule has 3 fully saturated rings. The summed E-state index contributed by atoms with van der Waals surface area (Å²) in [6.45, 7) is 7.62. The van der Waals surface area contributed by atoms with Crippen LogP contribution < -0.4 is 15.0 Å². The summed E-state index contributed by atoms with van der Waals surface area (Å²) in [4.78, 5) is 42.1. The molecule has 3 aromatic rings. The van der Waals surface area contributed by atoms with E-state index in [0.29, 0.717) is 25.3 Å². The molecule has 2 saturated heterocycles. The fraction of sp³-hybridized carbons (Fsp3) is 0.419. The van der Waals surface area contributed by atoms with Crippen molar-refractivity contribution < 1.29 is 24.2 Å². The lowest BCUT2D eigenvalue weighted by Gasteiger charge is -2.31. The number of thiazole rings is 1. The molecule has 2 bridgehead atoms. The Hall–Kier alpha value is -3.92. The van der Waals surface area contributed by atoms with Gasteiger partial charge in [0, 0.05) is 42.7 Å². The van der Waals surface area contributed by atoms with Gasteiger partial charge in [0.05, 0.1) is 12.2 Å². The van der Waals surface area contributed by atoms with Gasteiger partial charge in [-0.1, -0.05) is 17.7 Å². The highest BCUT2D eigenvalue weighted by Crippen LogP contribution is 2.40. The molecule has 0 radical (unpaired) electrons. The number of hydrogen-bond donors (Lipinski definition) is 2. The van der Waals surface area contributed by atoms with Crippen molar-refractivity contribution in [2.75, 3.05) is 37.6 Å². The van der Waals surface area contributed by atoms with E-state index in [1.54, 1.807) is 16.2 Å². The lowest BCUT2D eigenvalue weighted by Crippen LogP contribution is -2.49. The van der Waals surface area contributed by atoms with E-state index in [9.17, 15) is 9.59 Å². The standard InChI is InChI=1S/C30H34N4O3S.CH2O2/c1-19-3-8-27(25(11-19)26-18-38-30(32-26)34-14-21-4-5-22(13-21)15-34)37-17-24-7-6-23(12-20(24)2)29(36)33-10-9-31-28(35)16-33;2-1-3/h3,6-8,11-12,18,21-22H,4-5,9-10,13-17H2,1-2H3,(H,31,35);1H,(H,2,3). The Morgan fingerprint density at radius 3 is 2.63 bits per heavy atom. The Kier molecular flexibility index (Phi) is 8.87. The summed E-state index contributed by atoms with van der Waals surface area (Å²) in [7, 11) is 0. The summed E-state index contributed by atoms with van der Waals surface area (Å²) < 4.78 is 6.35. The average molecular weight is 577 g/mol. The number of ether oxygens (including phenoxy) is 1. The van der Waals surface area contributed by atoms with Crippen molar-refractivity contribution in [2.45, 2.75) is 39.7 Å². The molecule has 10 heteroatoms. The minimum atomic E-state index is -0.250. The molecule has 216 valence electrons. The predicted molar refractivity (Wildman–Crippen MR) is 158 cm³/mol. The van der Waals surface area contributed by atoms with Gasteiger partial charge in [0.25, 0.3) is 12.4 Å². The van der Waals surface area contributed by atoms with E-state index >= 15 is 0 Å². The number of benzene rings is 2. The van der Waals surface area contributed by atoms with Crippen LogP contribution in [0.1, 0.15) is 46.3 Å². The first kappa shape index (κ1) is 28.6. The number of amides is 2. The molecule has 41 heavy (non-hydrogen) atoms. The van der Waals surface area contributed by atoms with Gasteiger partial charge in [0.2, 0.25) is 5.91 Å². The quantitative estimate of drug-likeness (QED) is 0.415. The van der Waals surface area contributed by atoms with Gasteiger partial charge in [-0.15, -0.1) is 11.3 Å². The number of fused-ring (bicyclic) bond motifs is 2. The van der Waals surface area contributed by atoms with E-state index in [2.05, 4.69) is 34.7 Å². The molecule has 9 nitrogen and oxygen atoms in total. The van der Waals surface area contributed by atoms with E-state index in [1.807, 2.05) is 31.2 Å². The molecule has 3 heterocycles. The van der Waals surface area contributed by atoms with Crippen LogP contribution in [0, 0.1) is 25.7 Å². The van der Waals surface area contributed by atoms with Crippen molar-refractivity contribution in [1.82, 2.24) is 15.2 Å². The number of nitrogens with zero attached hydrogens (tertiary/aromatic N) is 3. The van der Waals surface area contributed by atoms with Gasteiger partial charge < -0.3 is 25.0 Å². The van der Waals surface area contributed by atoms with Gasteiger partial charge in [0.1, 0.15) is 12.4 Å². The van der Waals surface area contributed by atoms with Crippen LogP contribution in [0.5, 0.6) is 5.75 Å². The number of piperazine rings is 1. The topological polar surface area (TPSA) is 112 Å². The predicted octanol–water partition coefficient (Wildman–Crippen LogP) is 4.52. The maximum atomic E-state index is 12.9. The maximum absolute atomic E-state index is 12.9. The lowest BCUT2D eigenvalue weighted by atomic mass is 9.99. The number of aromatic nitrogens is 1. The summed E-state index contributed by atoms with van der Waals surface area (Å²) in [5.74, 6) is 2.23. The molecule has 2 atom stereocenters. The Balaban J connectivity index is 0.00000108.